The van der Waals surface area contributed by atoms with Crippen LogP contribution in [0.25, 0.3) is 0 Å². The van der Waals surface area contributed by atoms with Crippen LogP contribution in [-0.4, -0.2) is 43.9 Å². The molecule has 3 rings (SSSR count). The quantitative estimate of drug-likeness (QED) is 0.692. The number of halogens is 1. The number of nitrogens with zero attached hydrogens (tertiary/aromatic N) is 3. The molecule has 10 heteroatoms. The van der Waals surface area contributed by atoms with Crippen LogP contribution in [0.5, 0.6) is 0 Å². The van der Waals surface area contributed by atoms with Crippen molar-refractivity contribution in [2.75, 3.05) is 29.9 Å². The van der Waals surface area contributed by atoms with Crippen LogP contribution in [0.15, 0.2) is 35.5 Å². The highest BCUT2D eigenvalue weighted by Gasteiger charge is 2.24. The Kier molecular flexibility index (Phi) is 6.99. The molecule has 1 fully saturated rings. The van der Waals surface area contributed by atoms with Gasteiger partial charge in [-0.25, -0.2) is 27.5 Å². The molecule has 8 nitrogen and oxygen atoms in total. The Morgan fingerprint density at radius 1 is 1.23 bits per heavy atom. The number of benzene rings is 1. The minimum Gasteiger partial charge on any atom is -0.341 e. The Labute approximate surface area is 176 Å². The number of aryl methyl sites for hydroxylation is 1. The Hall–Kier alpha value is -2.59. The fourth-order valence-corrected chi connectivity index (χ4v) is 4.73. The monoisotopic (exact) mass is 435 g/mol. The van der Waals surface area contributed by atoms with Gasteiger partial charge >= 0.3 is 0 Å². The molecule has 0 spiro atoms. The molecule has 0 atom stereocenters. The summed E-state index contributed by atoms with van der Waals surface area (Å²) in [5.74, 6) is 0.0841. The first-order valence-electron chi connectivity index (χ1n) is 9.91. The first-order valence-corrected chi connectivity index (χ1v) is 11.4. The summed E-state index contributed by atoms with van der Waals surface area (Å²) in [4.78, 5) is 21.7. The highest BCUT2D eigenvalue weighted by molar-refractivity contribution is 7.89. The average molecular weight is 436 g/mol. The van der Waals surface area contributed by atoms with E-state index in [0.717, 1.165) is 25.2 Å². The van der Waals surface area contributed by atoms with Gasteiger partial charge < -0.3 is 10.2 Å². The molecule has 2 N–H and O–H groups in total. The zero-order valence-electron chi connectivity index (χ0n) is 17.1. The molecule has 0 radical (unpaired) electrons. The van der Waals surface area contributed by atoms with Crippen LogP contribution in [0.2, 0.25) is 0 Å². The second-order valence-corrected chi connectivity index (χ2v) is 9.10. The van der Waals surface area contributed by atoms with Crippen molar-refractivity contribution in [1.29, 1.82) is 0 Å². The van der Waals surface area contributed by atoms with Gasteiger partial charge in [-0.2, -0.15) is 0 Å². The van der Waals surface area contributed by atoms with Gasteiger partial charge in [-0.1, -0.05) is 6.92 Å². The van der Waals surface area contributed by atoms with Crippen molar-refractivity contribution in [3.05, 3.63) is 42.0 Å². The first kappa shape index (κ1) is 22.1. The highest BCUT2D eigenvalue weighted by Crippen LogP contribution is 2.22. The maximum Gasteiger partial charge on any atom is 0.240 e. The number of rotatable bonds is 7. The number of hydrogen-bond donors (Lipinski definition) is 2. The molecule has 0 saturated carbocycles. The zero-order chi connectivity index (χ0) is 21.7. The van der Waals surface area contributed by atoms with Crippen molar-refractivity contribution in [3.63, 3.8) is 0 Å². The number of anilines is 2. The maximum absolute atomic E-state index is 13.0. The van der Waals surface area contributed by atoms with E-state index >= 15 is 0 Å². The number of piperidine rings is 1. The molecule has 30 heavy (non-hydrogen) atoms. The Bertz CT molecular complexity index is 990. The van der Waals surface area contributed by atoms with Crippen molar-refractivity contribution in [1.82, 2.24) is 14.7 Å². The minimum atomic E-state index is -3.65. The van der Waals surface area contributed by atoms with Crippen LogP contribution >= 0.6 is 0 Å². The van der Waals surface area contributed by atoms with Gasteiger partial charge in [0.1, 0.15) is 0 Å². The van der Waals surface area contributed by atoms with E-state index in [-0.39, 0.29) is 16.7 Å². The van der Waals surface area contributed by atoms with Gasteiger partial charge in [-0.3, -0.25) is 4.79 Å². The molecule has 0 unspecified atom stereocenters. The number of sulfonamides is 1. The zero-order valence-corrected chi connectivity index (χ0v) is 17.9. The van der Waals surface area contributed by atoms with Gasteiger partial charge in [0.15, 0.2) is 5.82 Å². The smallest absolute Gasteiger partial charge is 0.240 e. The molecule has 0 aliphatic carbocycles. The Morgan fingerprint density at radius 3 is 2.50 bits per heavy atom. The van der Waals surface area contributed by atoms with Gasteiger partial charge in [0.05, 0.1) is 17.3 Å². The number of carbonyl (C=O) groups is 1. The summed E-state index contributed by atoms with van der Waals surface area (Å²) in [7, 11) is -3.65. The van der Waals surface area contributed by atoms with E-state index in [0.29, 0.717) is 43.3 Å². The van der Waals surface area contributed by atoms with Gasteiger partial charge in [0.25, 0.3) is 0 Å². The third kappa shape index (κ3) is 5.51. The van der Waals surface area contributed by atoms with Crippen molar-refractivity contribution >= 4 is 27.6 Å². The molecule has 1 aromatic carbocycles. The second kappa shape index (κ2) is 9.48. The van der Waals surface area contributed by atoms with Crippen LogP contribution in [-0.2, 0) is 14.8 Å². The predicted octanol–water partition coefficient (Wildman–Crippen LogP) is 2.47. The van der Waals surface area contributed by atoms with Crippen LogP contribution in [0.4, 0.5) is 16.0 Å². The van der Waals surface area contributed by atoms with Crippen molar-refractivity contribution in [2.24, 2.45) is 5.92 Å². The van der Waals surface area contributed by atoms with E-state index in [4.69, 9.17) is 0 Å². The van der Waals surface area contributed by atoms with E-state index in [1.165, 1.54) is 6.07 Å². The number of nitrogens with one attached hydrogen (secondary N) is 2. The molecule has 1 amide bonds. The topological polar surface area (TPSA) is 104 Å². The average Bonchev–Trinajstić information content (AvgIpc) is 2.73. The lowest BCUT2D eigenvalue weighted by atomic mass is 9.97. The van der Waals surface area contributed by atoms with Crippen molar-refractivity contribution < 1.29 is 17.6 Å². The number of amides is 1. The summed E-state index contributed by atoms with van der Waals surface area (Å²) in [5.41, 5.74) is 1.15. The Morgan fingerprint density at radius 2 is 1.90 bits per heavy atom. The second-order valence-electron chi connectivity index (χ2n) is 7.37. The van der Waals surface area contributed by atoms with Gasteiger partial charge in [0.2, 0.25) is 21.9 Å². The summed E-state index contributed by atoms with van der Waals surface area (Å²) in [5, 5.41) is 2.73. The van der Waals surface area contributed by atoms with Crippen LogP contribution < -0.4 is 14.9 Å². The molecular weight excluding hydrogens is 409 g/mol. The Balaban J connectivity index is 1.55. The van der Waals surface area contributed by atoms with E-state index in [2.05, 4.69) is 20.0 Å². The normalized spacial score (nSPS) is 15.2. The number of carbonyl (C=O) groups excluding carboxylic acids is 1. The lowest BCUT2D eigenvalue weighted by Crippen LogP contribution is -2.39. The molecule has 2 aromatic rings. The summed E-state index contributed by atoms with van der Waals surface area (Å²) in [6.07, 6.45) is 4.20. The largest absolute Gasteiger partial charge is 0.341 e. The molecule has 1 aromatic heterocycles. The number of aromatic nitrogens is 2. The van der Waals surface area contributed by atoms with Gasteiger partial charge in [0, 0.05) is 31.7 Å². The SMILES string of the molecule is CCC(=O)Nc1ccc(S(=O)(=O)NCC2CCN(c3ncc(F)cn3)CC2)c(C)c1. The summed E-state index contributed by atoms with van der Waals surface area (Å²) in [6.45, 7) is 5.17. The first-order chi connectivity index (χ1) is 14.3. The lowest BCUT2D eigenvalue weighted by Gasteiger charge is -2.31. The van der Waals surface area contributed by atoms with Crippen molar-refractivity contribution in [3.8, 4) is 0 Å². The van der Waals surface area contributed by atoms with Crippen LogP contribution in [0.1, 0.15) is 31.7 Å². The fourth-order valence-electron chi connectivity index (χ4n) is 3.39. The molecule has 1 aliphatic heterocycles. The van der Waals surface area contributed by atoms with Crippen LogP contribution in [0.3, 0.4) is 0 Å². The molecular formula is C20H26FN5O3S. The number of hydrogen-bond acceptors (Lipinski definition) is 6. The van der Waals surface area contributed by atoms with E-state index in [1.807, 2.05) is 4.90 Å². The van der Waals surface area contributed by atoms with E-state index in [1.54, 1.807) is 26.0 Å². The molecule has 162 valence electrons. The highest BCUT2D eigenvalue weighted by atomic mass is 32.2. The lowest BCUT2D eigenvalue weighted by molar-refractivity contribution is -0.115. The van der Waals surface area contributed by atoms with Gasteiger partial charge in [-0.05, 0) is 49.4 Å². The molecule has 0 bridgehead atoms. The maximum atomic E-state index is 13.0. The minimum absolute atomic E-state index is 0.125. The molecule has 2 heterocycles. The standard InChI is InChI=1S/C20H26FN5O3S/c1-3-19(27)25-17-4-5-18(14(2)10-17)30(28,29)24-11-15-6-8-26(9-7-15)20-22-12-16(21)13-23-20/h4-5,10,12-13,15,24H,3,6-9,11H2,1-2H3,(H,25,27). The van der Waals surface area contributed by atoms with Gasteiger partial charge in [-0.15, -0.1) is 0 Å². The molecule has 1 aliphatic rings. The van der Waals surface area contributed by atoms with E-state index in [9.17, 15) is 17.6 Å². The van der Waals surface area contributed by atoms with Crippen LogP contribution in [0, 0.1) is 18.7 Å². The van der Waals surface area contributed by atoms with E-state index < -0.39 is 15.8 Å². The summed E-state index contributed by atoms with van der Waals surface area (Å²) >= 11 is 0. The third-order valence-corrected chi connectivity index (χ3v) is 6.72. The summed E-state index contributed by atoms with van der Waals surface area (Å²) in [6, 6.07) is 4.76. The van der Waals surface area contributed by atoms with Crippen molar-refractivity contribution in [2.45, 2.75) is 38.0 Å². The third-order valence-electron chi connectivity index (χ3n) is 5.14. The molecule has 1 saturated heterocycles. The summed E-state index contributed by atoms with van der Waals surface area (Å²) < 4.78 is 41.1. The predicted molar refractivity (Wildman–Crippen MR) is 112 cm³/mol. The fraction of sp³-hybridized carbons (Fsp3) is 0.450.